The quantitative estimate of drug-likeness (QED) is 0.263. The van der Waals surface area contributed by atoms with Crippen LogP contribution in [-0.2, 0) is 14.3 Å². The molecule has 2 rings (SSSR count). The molecule has 1 aromatic rings. The van der Waals surface area contributed by atoms with E-state index in [1.54, 1.807) is 20.8 Å². The number of rotatable bonds is 6. The number of anilines is 1. The van der Waals surface area contributed by atoms with Crippen molar-refractivity contribution in [1.29, 1.82) is 0 Å². The van der Waals surface area contributed by atoms with Crippen molar-refractivity contribution in [3.8, 4) is 0 Å². The fourth-order valence-electron chi connectivity index (χ4n) is 2.86. The van der Waals surface area contributed by atoms with Gasteiger partial charge in [0.1, 0.15) is 24.2 Å². The number of aromatic nitrogens is 2. The van der Waals surface area contributed by atoms with Crippen molar-refractivity contribution >= 4 is 11.8 Å². The Morgan fingerprint density at radius 2 is 2.30 bits per heavy atom. The number of carbonyl (C=O) groups is 1. The first-order valence-electron chi connectivity index (χ1n) is 8.32. The van der Waals surface area contributed by atoms with Crippen LogP contribution in [-0.4, -0.2) is 45.1 Å². The van der Waals surface area contributed by atoms with Crippen LogP contribution in [0.15, 0.2) is 22.2 Å². The Labute approximate surface area is 154 Å². The van der Waals surface area contributed by atoms with Crippen molar-refractivity contribution in [3.63, 3.8) is 0 Å². The summed E-state index contributed by atoms with van der Waals surface area (Å²) in [6.45, 7) is 4.34. The highest BCUT2D eigenvalue weighted by Gasteiger charge is 2.56. The van der Waals surface area contributed by atoms with Gasteiger partial charge in [0, 0.05) is 17.0 Å². The molecular weight excluding hydrogens is 358 g/mol. The first-order valence-corrected chi connectivity index (χ1v) is 8.32. The maximum atomic E-state index is 12.3. The Kier molecular flexibility index (Phi) is 6.06. The second-order valence-electron chi connectivity index (χ2n) is 6.73. The van der Waals surface area contributed by atoms with Crippen molar-refractivity contribution in [1.82, 2.24) is 9.55 Å². The molecule has 5 atom stereocenters. The van der Waals surface area contributed by atoms with Crippen LogP contribution in [0.5, 0.6) is 0 Å². The lowest BCUT2D eigenvalue weighted by molar-refractivity contribution is -0.169. The van der Waals surface area contributed by atoms with Crippen molar-refractivity contribution in [2.45, 2.75) is 44.9 Å². The van der Waals surface area contributed by atoms with E-state index in [9.17, 15) is 14.7 Å². The Bertz CT molecular complexity index is 806. The number of carbonyl (C=O) groups excluding carboxylic acids is 1. The second-order valence-corrected chi connectivity index (χ2v) is 6.73. The molecule has 1 unspecified atom stereocenters. The summed E-state index contributed by atoms with van der Waals surface area (Å²) in [6, 6.07) is 0.472. The summed E-state index contributed by atoms with van der Waals surface area (Å²) in [5.41, 5.74) is 17.6. The van der Waals surface area contributed by atoms with Gasteiger partial charge in [-0.2, -0.15) is 4.98 Å². The summed E-state index contributed by atoms with van der Waals surface area (Å²) < 4.78 is 12.3. The van der Waals surface area contributed by atoms with Gasteiger partial charge < -0.3 is 26.0 Å². The highest BCUT2D eigenvalue weighted by atomic mass is 16.6. The molecule has 1 aliphatic heterocycles. The van der Waals surface area contributed by atoms with E-state index < -0.39 is 48.3 Å². The highest BCUT2D eigenvalue weighted by molar-refractivity contribution is 5.76. The lowest BCUT2D eigenvalue weighted by Gasteiger charge is -2.29. The molecule has 148 valence electrons. The van der Waals surface area contributed by atoms with E-state index in [0.29, 0.717) is 0 Å². The predicted molar refractivity (Wildman–Crippen MR) is 93.9 cm³/mol. The fraction of sp³-hybridized carbons (Fsp3) is 0.667. The first-order chi connectivity index (χ1) is 12.7. The average molecular weight is 381 g/mol. The number of esters is 1. The summed E-state index contributed by atoms with van der Waals surface area (Å²) >= 11 is 0. The summed E-state index contributed by atoms with van der Waals surface area (Å²) in [4.78, 5) is 30.8. The van der Waals surface area contributed by atoms with Crippen LogP contribution in [0.3, 0.4) is 0 Å². The van der Waals surface area contributed by atoms with Crippen molar-refractivity contribution in [3.05, 3.63) is 33.2 Å². The van der Waals surface area contributed by atoms with Gasteiger partial charge >= 0.3 is 11.7 Å². The number of ether oxygens (including phenoxy) is 2. The van der Waals surface area contributed by atoms with Crippen LogP contribution < -0.4 is 17.2 Å². The maximum absolute atomic E-state index is 12.3. The topological polar surface area (TPSA) is 191 Å². The average Bonchev–Trinajstić information content (AvgIpc) is 2.87. The molecule has 0 aromatic carbocycles. The fourth-order valence-corrected chi connectivity index (χ4v) is 2.86. The number of azide groups is 1. The minimum atomic E-state index is -1.91. The Balaban J connectivity index is 2.44. The van der Waals surface area contributed by atoms with E-state index in [4.69, 9.17) is 26.5 Å². The SMILES string of the molecule is CC(C)[C@H](N)C(=O)O[C@H]1[C@@H](C)[C@H](n2ccc(N)nc2=O)OC1(CO)N=[N+]=[N-]. The number of hydrogen-bond acceptors (Lipinski definition) is 9. The molecule has 1 aliphatic rings. The molecule has 0 radical (unpaired) electrons. The van der Waals surface area contributed by atoms with Crippen LogP contribution in [0, 0.1) is 11.8 Å². The molecule has 2 heterocycles. The minimum absolute atomic E-state index is 0.0243. The molecule has 1 aromatic heterocycles. The molecule has 0 spiro atoms. The van der Waals surface area contributed by atoms with E-state index in [-0.39, 0.29) is 11.7 Å². The molecule has 0 bridgehead atoms. The van der Waals surface area contributed by atoms with Crippen LogP contribution in [0.25, 0.3) is 10.4 Å². The second kappa shape index (κ2) is 7.92. The maximum Gasteiger partial charge on any atom is 0.351 e. The van der Waals surface area contributed by atoms with Crippen molar-refractivity contribution < 1.29 is 19.4 Å². The highest BCUT2D eigenvalue weighted by Crippen LogP contribution is 2.43. The van der Waals surface area contributed by atoms with Crippen LogP contribution >= 0.6 is 0 Å². The smallest absolute Gasteiger partial charge is 0.351 e. The first kappa shape index (κ1) is 20.6. The Morgan fingerprint density at radius 3 is 2.81 bits per heavy atom. The largest absolute Gasteiger partial charge is 0.457 e. The number of nitrogen functional groups attached to an aromatic ring is 1. The number of hydrogen-bond donors (Lipinski definition) is 3. The van der Waals surface area contributed by atoms with Gasteiger partial charge in [0.25, 0.3) is 0 Å². The predicted octanol–water partition coefficient (Wildman–Crippen LogP) is -0.116. The van der Waals surface area contributed by atoms with Gasteiger partial charge in [0.05, 0.1) is 6.61 Å². The van der Waals surface area contributed by atoms with E-state index in [1.807, 2.05) is 0 Å². The van der Waals surface area contributed by atoms with Gasteiger partial charge in [-0.3, -0.25) is 9.36 Å². The zero-order valence-corrected chi connectivity index (χ0v) is 15.2. The van der Waals surface area contributed by atoms with Crippen LogP contribution in [0.2, 0.25) is 0 Å². The number of nitrogens with zero attached hydrogens (tertiary/aromatic N) is 5. The van der Waals surface area contributed by atoms with Gasteiger partial charge in [0.15, 0.2) is 0 Å². The molecule has 1 saturated heterocycles. The van der Waals surface area contributed by atoms with Gasteiger partial charge in [-0.05, 0) is 17.5 Å². The summed E-state index contributed by atoms with van der Waals surface area (Å²) in [6.07, 6.45) is -0.838. The number of aliphatic hydroxyl groups excluding tert-OH is 1. The molecular formula is C15H23N7O5. The molecule has 1 fully saturated rings. The zero-order valence-electron chi connectivity index (χ0n) is 15.2. The molecule has 0 aliphatic carbocycles. The minimum Gasteiger partial charge on any atom is -0.457 e. The van der Waals surface area contributed by atoms with Gasteiger partial charge in [-0.25, -0.2) is 4.79 Å². The molecule has 0 saturated carbocycles. The molecule has 12 nitrogen and oxygen atoms in total. The zero-order chi connectivity index (χ0) is 20.4. The third-order valence-electron chi connectivity index (χ3n) is 4.50. The number of aliphatic hydroxyl groups is 1. The van der Waals surface area contributed by atoms with Gasteiger partial charge in [0.2, 0.25) is 5.72 Å². The van der Waals surface area contributed by atoms with Crippen molar-refractivity contribution in [2.75, 3.05) is 12.3 Å². The summed E-state index contributed by atoms with van der Waals surface area (Å²) in [7, 11) is 0. The van der Waals surface area contributed by atoms with Gasteiger partial charge in [-0.15, -0.1) is 0 Å². The molecule has 12 heteroatoms. The summed E-state index contributed by atoms with van der Waals surface area (Å²) in [5.74, 6) is -1.58. The Morgan fingerprint density at radius 1 is 1.63 bits per heavy atom. The van der Waals surface area contributed by atoms with Crippen molar-refractivity contribution in [2.24, 2.45) is 22.7 Å². The third kappa shape index (κ3) is 3.88. The lowest BCUT2D eigenvalue weighted by atomic mass is 9.97. The molecule has 27 heavy (non-hydrogen) atoms. The van der Waals surface area contributed by atoms with E-state index in [0.717, 1.165) is 4.57 Å². The van der Waals surface area contributed by atoms with Gasteiger partial charge in [-0.1, -0.05) is 25.9 Å². The van der Waals surface area contributed by atoms with E-state index in [2.05, 4.69) is 15.0 Å². The number of nitrogens with two attached hydrogens (primary N) is 2. The Hall–Kier alpha value is -2.66. The third-order valence-corrected chi connectivity index (χ3v) is 4.50. The lowest BCUT2D eigenvalue weighted by Crippen LogP contribution is -2.48. The van der Waals surface area contributed by atoms with E-state index in [1.165, 1.54) is 12.3 Å². The van der Waals surface area contributed by atoms with Crippen LogP contribution in [0.4, 0.5) is 5.82 Å². The molecule has 5 N–H and O–H groups in total. The van der Waals surface area contributed by atoms with Crippen LogP contribution in [0.1, 0.15) is 27.0 Å². The normalized spacial score (nSPS) is 28.6. The van der Waals surface area contributed by atoms with E-state index >= 15 is 0 Å². The standard InChI is InChI=1S/C15H23N7O5/c1-7(2)10(17)13(24)26-11-8(3)12(27-15(11,6-23)20-21-18)22-5-4-9(16)19-14(22)25/h4-5,7-8,10-12,23H,6,17H2,1-3H3,(H2,16,19,25)/t8-,10+,11+,12-,15?/m1/s1. The molecule has 0 amide bonds. The summed E-state index contributed by atoms with van der Waals surface area (Å²) in [5, 5.41) is 13.4. The monoisotopic (exact) mass is 381 g/mol.